The maximum Gasteiger partial charge on any atom is 0.123 e. The van der Waals surface area contributed by atoms with Crippen LogP contribution >= 0.6 is 0 Å². The Morgan fingerprint density at radius 2 is 2.14 bits per heavy atom. The minimum atomic E-state index is 0.864. The minimum absolute atomic E-state index is 0.864. The lowest BCUT2D eigenvalue weighted by Gasteiger charge is -2.06. The zero-order valence-corrected chi connectivity index (χ0v) is 8.47. The van der Waals surface area contributed by atoms with Crippen LogP contribution in [0.4, 0.5) is 0 Å². The van der Waals surface area contributed by atoms with Gasteiger partial charge in [-0.1, -0.05) is 12.1 Å². The minimum Gasteiger partial charge on any atom is -0.493 e. The number of fused-ring (bicyclic) bond motifs is 3. The average Bonchev–Trinajstić information content (AvgIpc) is 2.82. The van der Waals surface area contributed by atoms with Gasteiger partial charge in [-0.2, -0.15) is 0 Å². The molecule has 0 fully saturated rings. The topological polar surface area (TPSA) is 9.23 Å². The second kappa shape index (κ2) is 2.88. The molecule has 14 heavy (non-hydrogen) atoms. The van der Waals surface area contributed by atoms with Crippen molar-refractivity contribution < 1.29 is 4.74 Å². The molecule has 0 radical (unpaired) electrons. The number of allylic oxidation sites excluding steroid dienone is 2. The SMILES string of the molecule is CC=C1CCc2ccc3c(c21)CCO3. The van der Waals surface area contributed by atoms with Crippen LogP contribution in [0.2, 0.25) is 0 Å². The van der Waals surface area contributed by atoms with Gasteiger partial charge < -0.3 is 4.74 Å². The molecule has 1 nitrogen and oxygen atoms in total. The standard InChI is InChI=1S/C13H14O/c1-2-9-3-4-10-5-6-12-11(13(9)10)7-8-14-12/h2,5-6H,3-4,7-8H2,1H3. The predicted molar refractivity (Wildman–Crippen MR) is 57.6 cm³/mol. The van der Waals surface area contributed by atoms with E-state index in [0.717, 1.165) is 18.8 Å². The smallest absolute Gasteiger partial charge is 0.123 e. The third-order valence-electron chi connectivity index (χ3n) is 3.30. The first kappa shape index (κ1) is 8.10. The van der Waals surface area contributed by atoms with Gasteiger partial charge >= 0.3 is 0 Å². The lowest BCUT2D eigenvalue weighted by molar-refractivity contribution is 0.357. The van der Waals surface area contributed by atoms with Gasteiger partial charge in [0.2, 0.25) is 0 Å². The van der Waals surface area contributed by atoms with E-state index in [1.807, 2.05) is 0 Å². The first-order valence-corrected chi connectivity index (χ1v) is 5.33. The fourth-order valence-corrected chi connectivity index (χ4v) is 2.62. The average molecular weight is 186 g/mol. The van der Waals surface area contributed by atoms with Crippen LogP contribution in [-0.2, 0) is 12.8 Å². The molecule has 3 rings (SSSR count). The van der Waals surface area contributed by atoms with E-state index in [1.165, 1.54) is 35.1 Å². The molecule has 2 aliphatic rings. The van der Waals surface area contributed by atoms with Gasteiger partial charge in [-0.05, 0) is 42.5 Å². The number of benzene rings is 1. The summed E-state index contributed by atoms with van der Waals surface area (Å²) >= 11 is 0. The summed E-state index contributed by atoms with van der Waals surface area (Å²) in [5.74, 6) is 1.12. The van der Waals surface area contributed by atoms with Gasteiger partial charge in [-0.25, -0.2) is 0 Å². The van der Waals surface area contributed by atoms with Crippen LogP contribution in [0.3, 0.4) is 0 Å². The zero-order chi connectivity index (χ0) is 9.54. The maximum atomic E-state index is 5.59. The number of ether oxygens (including phenoxy) is 1. The predicted octanol–water partition coefficient (Wildman–Crippen LogP) is 2.97. The summed E-state index contributed by atoms with van der Waals surface area (Å²) in [6.45, 7) is 3.00. The summed E-state index contributed by atoms with van der Waals surface area (Å²) in [5, 5.41) is 0. The quantitative estimate of drug-likeness (QED) is 0.605. The van der Waals surface area contributed by atoms with Gasteiger partial charge in [0, 0.05) is 12.0 Å². The molecule has 0 unspecified atom stereocenters. The normalized spacial score (nSPS) is 20.8. The van der Waals surface area contributed by atoms with E-state index >= 15 is 0 Å². The van der Waals surface area contributed by atoms with Gasteiger partial charge in [-0.3, -0.25) is 0 Å². The Kier molecular flexibility index (Phi) is 1.66. The molecule has 0 atom stereocenters. The molecule has 0 saturated heterocycles. The van der Waals surface area contributed by atoms with Crippen molar-refractivity contribution in [1.29, 1.82) is 0 Å². The second-order valence-corrected chi connectivity index (χ2v) is 3.99. The molecule has 1 heteroatoms. The van der Waals surface area contributed by atoms with Crippen molar-refractivity contribution in [2.45, 2.75) is 26.2 Å². The zero-order valence-electron chi connectivity index (χ0n) is 8.47. The monoisotopic (exact) mass is 186 g/mol. The van der Waals surface area contributed by atoms with Gasteiger partial charge in [0.1, 0.15) is 5.75 Å². The molecular formula is C13H14O. The Morgan fingerprint density at radius 1 is 1.21 bits per heavy atom. The van der Waals surface area contributed by atoms with E-state index < -0.39 is 0 Å². The van der Waals surface area contributed by atoms with Crippen LogP contribution < -0.4 is 4.74 Å². The summed E-state index contributed by atoms with van der Waals surface area (Å²) in [5.41, 5.74) is 5.99. The first-order chi connectivity index (χ1) is 6.90. The molecule has 0 saturated carbocycles. The molecular weight excluding hydrogens is 172 g/mol. The molecule has 0 spiro atoms. The van der Waals surface area contributed by atoms with Crippen molar-refractivity contribution in [2.24, 2.45) is 0 Å². The number of rotatable bonds is 0. The third kappa shape index (κ3) is 0.955. The van der Waals surface area contributed by atoms with Gasteiger partial charge in [0.15, 0.2) is 0 Å². The summed E-state index contributed by atoms with van der Waals surface area (Å²) in [7, 11) is 0. The Morgan fingerprint density at radius 3 is 3.00 bits per heavy atom. The summed E-state index contributed by atoms with van der Waals surface area (Å²) in [6.07, 6.45) is 5.77. The van der Waals surface area contributed by atoms with E-state index in [4.69, 9.17) is 4.74 Å². The lowest BCUT2D eigenvalue weighted by Crippen LogP contribution is -1.89. The number of hydrogen-bond acceptors (Lipinski definition) is 1. The van der Waals surface area contributed by atoms with Crippen LogP contribution in [-0.4, -0.2) is 6.61 Å². The largest absolute Gasteiger partial charge is 0.493 e. The number of aryl methyl sites for hydroxylation is 1. The van der Waals surface area contributed by atoms with Crippen LogP contribution in [0.1, 0.15) is 30.0 Å². The molecule has 0 bridgehead atoms. The molecule has 0 amide bonds. The van der Waals surface area contributed by atoms with Gasteiger partial charge in [0.25, 0.3) is 0 Å². The van der Waals surface area contributed by atoms with Crippen molar-refractivity contribution in [3.8, 4) is 5.75 Å². The molecule has 1 aromatic carbocycles. The summed E-state index contributed by atoms with van der Waals surface area (Å²) in [4.78, 5) is 0. The Hall–Kier alpha value is -1.24. The fraction of sp³-hybridized carbons (Fsp3) is 0.385. The lowest BCUT2D eigenvalue weighted by atomic mass is 9.98. The Labute approximate surface area is 84.4 Å². The molecule has 1 aromatic rings. The molecule has 1 aliphatic carbocycles. The fourth-order valence-electron chi connectivity index (χ4n) is 2.62. The summed E-state index contributed by atoms with van der Waals surface area (Å²) in [6, 6.07) is 4.37. The molecule has 1 aliphatic heterocycles. The highest BCUT2D eigenvalue weighted by Gasteiger charge is 2.24. The van der Waals surface area contributed by atoms with Crippen molar-refractivity contribution in [3.05, 3.63) is 34.9 Å². The van der Waals surface area contributed by atoms with Crippen molar-refractivity contribution in [2.75, 3.05) is 6.61 Å². The molecule has 72 valence electrons. The van der Waals surface area contributed by atoms with Crippen LogP contribution in [0.5, 0.6) is 5.75 Å². The molecule has 0 aromatic heterocycles. The molecule has 1 heterocycles. The van der Waals surface area contributed by atoms with Crippen molar-refractivity contribution >= 4 is 5.57 Å². The molecule has 0 N–H and O–H groups in total. The van der Waals surface area contributed by atoms with E-state index in [0.29, 0.717) is 0 Å². The summed E-state index contributed by atoms with van der Waals surface area (Å²) < 4.78 is 5.59. The van der Waals surface area contributed by atoms with Gasteiger partial charge in [-0.15, -0.1) is 0 Å². The van der Waals surface area contributed by atoms with Crippen LogP contribution in [0.25, 0.3) is 5.57 Å². The van der Waals surface area contributed by atoms with E-state index in [9.17, 15) is 0 Å². The number of hydrogen-bond donors (Lipinski definition) is 0. The maximum absolute atomic E-state index is 5.59. The highest BCUT2D eigenvalue weighted by Crippen LogP contribution is 2.40. The van der Waals surface area contributed by atoms with Crippen LogP contribution in [0.15, 0.2) is 18.2 Å². The third-order valence-corrected chi connectivity index (χ3v) is 3.30. The van der Waals surface area contributed by atoms with Gasteiger partial charge in [0.05, 0.1) is 6.61 Å². The first-order valence-electron chi connectivity index (χ1n) is 5.33. The Bertz CT molecular complexity index is 415. The van der Waals surface area contributed by atoms with E-state index in [-0.39, 0.29) is 0 Å². The van der Waals surface area contributed by atoms with E-state index in [2.05, 4.69) is 25.1 Å². The second-order valence-electron chi connectivity index (χ2n) is 3.99. The highest BCUT2D eigenvalue weighted by atomic mass is 16.5. The highest BCUT2D eigenvalue weighted by molar-refractivity contribution is 5.77. The van der Waals surface area contributed by atoms with Crippen molar-refractivity contribution in [3.63, 3.8) is 0 Å². The Balaban J connectivity index is 2.26. The van der Waals surface area contributed by atoms with E-state index in [1.54, 1.807) is 0 Å². The van der Waals surface area contributed by atoms with Crippen molar-refractivity contribution in [1.82, 2.24) is 0 Å². The van der Waals surface area contributed by atoms with Crippen LogP contribution in [0, 0.1) is 0 Å².